The lowest BCUT2D eigenvalue weighted by Crippen LogP contribution is -1.95. The lowest BCUT2D eigenvalue weighted by atomic mass is 10.2. The predicted octanol–water partition coefficient (Wildman–Crippen LogP) is 3.89. The van der Waals surface area contributed by atoms with Gasteiger partial charge in [-0.2, -0.15) is 0 Å². The second-order valence-electron chi connectivity index (χ2n) is 3.74. The van der Waals surface area contributed by atoms with Crippen molar-refractivity contribution in [1.29, 1.82) is 0 Å². The largest absolute Gasteiger partial charge is 0.391 e. The maximum Gasteiger partial charge on any atom is 0.274 e. The van der Waals surface area contributed by atoms with Crippen LogP contribution in [0.4, 0.5) is 5.69 Å². The van der Waals surface area contributed by atoms with Crippen LogP contribution in [-0.2, 0) is 6.61 Å². The van der Waals surface area contributed by atoms with Crippen molar-refractivity contribution in [2.75, 3.05) is 0 Å². The summed E-state index contributed by atoms with van der Waals surface area (Å²) in [6.07, 6.45) is 0. The van der Waals surface area contributed by atoms with E-state index in [0.717, 1.165) is 9.79 Å². The van der Waals surface area contributed by atoms with Crippen molar-refractivity contribution >= 4 is 29.1 Å². The third kappa shape index (κ3) is 3.26. The smallest absolute Gasteiger partial charge is 0.274 e. The monoisotopic (exact) mass is 295 g/mol. The van der Waals surface area contributed by atoms with E-state index in [9.17, 15) is 15.2 Å². The van der Waals surface area contributed by atoms with Crippen molar-refractivity contribution in [2.24, 2.45) is 0 Å². The SMILES string of the molecule is O=[N+]([O-])c1ccc(Sc2ccccc2Cl)cc1CO. The first kappa shape index (κ1) is 13.9. The van der Waals surface area contributed by atoms with Crippen LogP contribution >= 0.6 is 23.4 Å². The van der Waals surface area contributed by atoms with E-state index >= 15 is 0 Å². The summed E-state index contributed by atoms with van der Waals surface area (Å²) in [5.41, 5.74) is 0.216. The Labute approximate surface area is 119 Å². The highest BCUT2D eigenvalue weighted by atomic mass is 35.5. The molecule has 2 rings (SSSR count). The summed E-state index contributed by atoms with van der Waals surface area (Å²) in [4.78, 5) is 11.9. The quantitative estimate of drug-likeness (QED) is 0.686. The van der Waals surface area contributed by atoms with E-state index in [0.29, 0.717) is 10.6 Å². The molecule has 0 bridgehead atoms. The molecule has 4 nitrogen and oxygen atoms in total. The third-order valence-corrected chi connectivity index (χ3v) is 3.99. The topological polar surface area (TPSA) is 63.4 Å². The molecule has 0 aliphatic carbocycles. The van der Waals surface area contributed by atoms with E-state index < -0.39 is 4.92 Å². The van der Waals surface area contributed by atoms with Crippen LogP contribution in [0.25, 0.3) is 0 Å². The van der Waals surface area contributed by atoms with E-state index in [4.69, 9.17) is 11.6 Å². The molecule has 0 spiro atoms. The van der Waals surface area contributed by atoms with Crippen LogP contribution in [0.2, 0.25) is 5.02 Å². The molecule has 0 aromatic heterocycles. The van der Waals surface area contributed by atoms with Gasteiger partial charge in [-0.1, -0.05) is 35.5 Å². The van der Waals surface area contributed by atoms with Crippen LogP contribution < -0.4 is 0 Å². The van der Waals surface area contributed by atoms with Crippen molar-refractivity contribution in [3.8, 4) is 0 Å². The number of halogens is 1. The normalized spacial score (nSPS) is 10.4. The molecule has 0 radical (unpaired) electrons. The molecule has 2 aromatic carbocycles. The Morgan fingerprint density at radius 3 is 2.63 bits per heavy atom. The molecule has 0 atom stereocenters. The summed E-state index contributed by atoms with van der Waals surface area (Å²) < 4.78 is 0. The highest BCUT2D eigenvalue weighted by Crippen LogP contribution is 2.35. The number of hydrogen-bond donors (Lipinski definition) is 1. The molecule has 0 aliphatic rings. The fraction of sp³-hybridized carbons (Fsp3) is 0.0769. The Morgan fingerprint density at radius 2 is 2.00 bits per heavy atom. The Balaban J connectivity index is 2.32. The zero-order valence-electron chi connectivity index (χ0n) is 9.75. The molecule has 19 heavy (non-hydrogen) atoms. The second kappa shape index (κ2) is 6.06. The van der Waals surface area contributed by atoms with Gasteiger partial charge < -0.3 is 5.11 Å². The fourth-order valence-electron chi connectivity index (χ4n) is 1.58. The van der Waals surface area contributed by atoms with E-state index in [1.165, 1.54) is 17.8 Å². The molecule has 98 valence electrons. The van der Waals surface area contributed by atoms with Crippen molar-refractivity contribution in [2.45, 2.75) is 16.4 Å². The molecular formula is C13H10ClNO3S. The first-order chi connectivity index (χ1) is 9.11. The first-order valence-corrected chi connectivity index (χ1v) is 6.62. The van der Waals surface area contributed by atoms with Gasteiger partial charge >= 0.3 is 0 Å². The molecule has 0 fully saturated rings. The Morgan fingerprint density at radius 1 is 1.26 bits per heavy atom. The number of benzene rings is 2. The number of aliphatic hydroxyl groups is 1. The summed E-state index contributed by atoms with van der Waals surface area (Å²) >= 11 is 7.45. The van der Waals surface area contributed by atoms with Gasteiger partial charge in [-0.3, -0.25) is 10.1 Å². The number of nitro groups is 1. The molecular weight excluding hydrogens is 286 g/mol. The van der Waals surface area contributed by atoms with Crippen LogP contribution in [0.3, 0.4) is 0 Å². The van der Waals surface area contributed by atoms with Crippen molar-refractivity contribution < 1.29 is 10.0 Å². The molecule has 6 heteroatoms. The van der Waals surface area contributed by atoms with Gasteiger partial charge in [0.05, 0.1) is 22.1 Å². The minimum atomic E-state index is -0.504. The van der Waals surface area contributed by atoms with Gasteiger partial charge in [0, 0.05) is 15.9 Å². The maximum atomic E-state index is 10.8. The van der Waals surface area contributed by atoms with Gasteiger partial charge in [0.25, 0.3) is 5.69 Å². The van der Waals surface area contributed by atoms with Crippen LogP contribution in [0.1, 0.15) is 5.56 Å². The minimum Gasteiger partial charge on any atom is -0.391 e. The van der Waals surface area contributed by atoms with Crippen LogP contribution in [0.15, 0.2) is 52.3 Å². The number of nitrogens with zero attached hydrogens (tertiary/aromatic N) is 1. The molecule has 0 saturated heterocycles. The molecule has 0 heterocycles. The van der Waals surface area contributed by atoms with E-state index in [1.807, 2.05) is 18.2 Å². The predicted molar refractivity (Wildman–Crippen MR) is 74.6 cm³/mol. The number of hydrogen-bond acceptors (Lipinski definition) is 4. The lowest BCUT2D eigenvalue weighted by molar-refractivity contribution is -0.385. The third-order valence-electron chi connectivity index (χ3n) is 2.48. The van der Waals surface area contributed by atoms with Gasteiger partial charge in [0.15, 0.2) is 0 Å². The van der Waals surface area contributed by atoms with Crippen molar-refractivity contribution in [3.63, 3.8) is 0 Å². The Kier molecular flexibility index (Phi) is 4.42. The average molecular weight is 296 g/mol. The Hall–Kier alpha value is -1.56. The van der Waals surface area contributed by atoms with Crippen molar-refractivity contribution in [1.82, 2.24) is 0 Å². The summed E-state index contributed by atoms with van der Waals surface area (Å²) in [5.74, 6) is 0. The van der Waals surface area contributed by atoms with E-state index in [1.54, 1.807) is 18.2 Å². The summed E-state index contributed by atoms with van der Waals surface area (Å²) in [7, 11) is 0. The van der Waals surface area contributed by atoms with Gasteiger partial charge in [-0.25, -0.2) is 0 Å². The summed E-state index contributed by atoms with van der Waals surface area (Å²) in [6.45, 7) is -0.368. The van der Waals surface area contributed by atoms with Gasteiger partial charge in [0.2, 0.25) is 0 Å². The number of nitro benzene ring substituents is 1. The van der Waals surface area contributed by atoms with Gasteiger partial charge in [-0.15, -0.1) is 0 Å². The van der Waals surface area contributed by atoms with Crippen molar-refractivity contribution in [3.05, 3.63) is 63.2 Å². The molecule has 1 N–H and O–H groups in total. The zero-order chi connectivity index (χ0) is 13.8. The van der Waals surface area contributed by atoms with Crippen LogP contribution in [-0.4, -0.2) is 10.0 Å². The highest BCUT2D eigenvalue weighted by molar-refractivity contribution is 7.99. The standard InChI is InChI=1S/C13H10ClNO3S/c14-11-3-1-2-4-13(11)19-10-5-6-12(15(17)18)9(7-10)8-16/h1-7,16H,8H2. The molecule has 0 aliphatic heterocycles. The van der Waals surface area contributed by atoms with E-state index in [2.05, 4.69) is 0 Å². The zero-order valence-corrected chi connectivity index (χ0v) is 11.3. The van der Waals surface area contributed by atoms with Crippen LogP contribution in [0, 0.1) is 10.1 Å². The first-order valence-electron chi connectivity index (χ1n) is 5.42. The molecule has 0 unspecified atom stereocenters. The average Bonchev–Trinajstić information content (AvgIpc) is 2.41. The highest BCUT2D eigenvalue weighted by Gasteiger charge is 2.14. The molecule has 2 aromatic rings. The van der Waals surface area contributed by atoms with Gasteiger partial charge in [0.1, 0.15) is 0 Å². The minimum absolute atomic E-state index is 0.0778. The van der Waals surface area contributed by atoms with Gasteiger partial charge in [-0.05, 0) is 24.3 Å². The lowest BCUT2D eigenvalue weighted by Gasteiger charge is -2.06. The second-order valence-corrected chi connectivity index (χ2v) is 5.26. The fourth-order valence-corrected chi connectivity index (χ4v) is 2.74. The number of aliphatic hydroxyl groups excluding tert-OH is 1. The molecule has 0 saturated carbocycles. The molecule has 0 amide bonds. The summed E-state index contributed by atoms with van der Waals surface area (Å²) in [6, 6.07) is 12.0. The summed E-state index contributed by atoms with van der Waals surface area (Å²) in [5, 5.41) is 20.6. The van der Waals surface area contributed by atoms with Crippen LogP contribution in [0.5, 0.6) is 0 Å². The maximum absolute atomic E-state index is 10.8. The Bertz CT molecular complexity index is 619. The number of rotatable bonds is 4. The van der Waals surface area contributed by atoms with E-state index in [-0.39, 0.29) is 12.3 Å².